The maximum atomic E-state index is 13.5. The molecule has 1 aliphatic carbocycles. The van der Waals surface area contributed by atoms with Gasteiger partial charge >= 0.3 is 0 Å². The predicted octanol–water partition coefficient (Wildman–Crippen LogP) is 6.07. The van der Waals surface area contributed by atoms with E-state index in [1.807, 2.05) is 42.2 Å². The van der Waals surface area contributed by atoms with E-state index in [1.165, 1.54) is 18.2 Å². The molecule has 1 aromatic carbocycles. The van der Waals surface area contributed by atoms with Crippen LogP contribution in [0.1, 0.15) is 44.6 Å². The number of nitrogens with zero attached hydrogens (tertiary/aromatic N) is 3. The normalized spacial score (nSPS) is 20.7. The molecule has 1 amide bonds. The highest BCUT2D eigenvalue weighted by Crippen LogP contribution is 2.41. The maximum absolute atomic E-state index is 13.5. The Hall–Kier alpha value is -2.31. The molecule has 30 heavy (non-hydrogen) atoms. The number of thioether (sulfide) groups is 1. The van der Waals surface area contributed by atoms with Gasteiger partial charge in [0.15, 0.2) is 10.3 Å². The maximum Gasteiger partial charge on any atom is 0.267 e. The number of benzene rings is 1. The second kappa shape index (κ2) is 9.23. The van der Waals surface area contributed by atoms with Gasteiger partial charge < -0.3 is 4.74 Å². The van der Waals surface area contributed by atoms with Crippen molar-refractivity contribution >= 4 is 45.7 Å². The summed E-state index contributed by atoms with van der Waals surface area (Å²) in [7, 11) is 1.64. The van der Waals surface area contributed by atoms with Gasteiger partial charge in [0.2, 0.25) is 0 Å². The zero-order valence-corrected chi connectivity index (χ0v) is 18.7. The van der Waals surface area contributed by atoms with Gasteiger partial charge in [-0.2, -0.15) is 0 Å². The van der Waals surface area contributed by atoms with Crippen molar-refractivity contribution in [1.29, 1.82) is 0 Å². The number of amidine groups is 1. The lowest BCUT2D eigenvalue weighted by atomic mass is 9.94. The first-order valence-electron chi connectivity index (χ1n) is 10.1. The lowest BCUT2D eigenvalue weighted by Gasteiger charge is -2.30. The number of ether oxygens (including phenoxy) is 1. The number of aliphatic imine (C=N–C) groups is 1. The average molecular weight is 442 g/mol. The number of halogens is 1. The molecule has 0 bridgehead atoms. The molecule has 2 aromatic rings. The number of carbonyl (C=O) groups is 1. The third kappa shape index (κ3) is 4.25. The van der Waals surface area contributed by atoms with Crippen LogP contribution >= 0.6 is 23.4 Å². The Kier molecular flexibility index (Phi) is 6.44. The molecule has 5 nitrogen and oxygen atoms in total. The van der Waals surface area contributed by atoms with Gasteiger partial charge in [-0.15, -0.1) is 0 Å². The second-order valence-electron chi connectivity index (χ2n) is 7.46. The number of carbonyl (C=O) groups excluding carboxylic acids is 1. The number of hydrogen-bond donors (Lipinski definition) is 0. The fraction of sp³-hybridized carbons (Fsp3) is 0.348. The number of allylic oxidation sites excluding steroid dienone is 1. The molecule has 1 aromatic heterocycles. The molecule has 156 valence electrons. The Bertz CT molecular complexity index is 1020. The van der Waals surface area contributed by atoms with Gasteiger partial charge in [-0.25, -0.2) is 9.98 Å². The van der Waals surface area contributed by atoms with E-state index >= 15 is 0 Å². The quantitative estimate of drug-likeness (QED) is 0.426. The van der Waals surface area contributed by atoms with Crippen molar-refractivity contribution in [2.75, 3.05) is 7.11 Å². The zero-order chi connectivity index (χ0) is 21.1. The summed E-state index contributed by atoms with van der Waals surface area (Å²) in [6.45, 7) is 1.98. The standard InChI is InChI=1S/C23H24ClN3O2S/c1-15(16-8-6-11-18(14-16)29-2)20-22(28)27(17-9-4-3-5-10-17)23(30-20)26-19-12-7-13-25-21(19)24/h6-8,11-14,17H,3-5,9-10H2,1-2H3/b20-15-,26-23?. The summed E-state index contributed by atoms with van der Waals surface area (Å²) in [6, 6.07) is 11.6. The van der Waals surface area contributed by atoms with E-state index in [0.29, 0.717) is 20.9 Å². The van der Waals surface area contributed by atoms with Crippen molar-refractivity contribution < 1.29 is 9.53 Å². The molecule has 7 heteroatoms. The molecule has 4 rings (SSSR count). The van der Waals surface area contributed by atoms with Crippen LogP contribution in [-0.2, 0) is 4.79 Å². The molecular weight excluding hydrogens is 418 g/mol. The number of aromatic nitrogens is 1. The minimum atomic E-state index is 0.0194. The molecule has 2 fully saturated rings. The largest absolute Gasteiger partial charge is 0.497 e. The number of pyridine rings is 1. The van der Waals surface area contributed by atoms with E-state index in [9.17, 15) is 4.79 Å². The van der Waals surface area contributed by atoms with Gasteiger partial charge in [0.25, 0.3) is 5.91 Å². The van der Waals surface area contributed by atoms with Crippen LogP contribution in [0, 0.1) is 0 Å². The smallest absolute Gasteiger partial charge is 0.267 e. The van der Waals surface area contributed by atoms with Crippen LogP contribution in [-0.4, -0.2) is 34.1 Å². The Balaban J connectivity index is 1.77. The van der Waals surface area contributed by atoms with Crippen LogP contribution in [0.3, 0.4) is 0 Å². The van der Waals surface area contributed by atoms with E-state index in [-0.39, 0.29) is 11.9 Å². The number of methoxy groups -OCH3 is 1. The molecule has 1 saturated heterocycles. The molecule has 2 aliphatic rings. The summed E-state index contributed by atoms with van der Waals surface area (Å²) in [5.74, 6) is 0.786. The summed E-state index contributed by atoms with van der Waals surface area (Å²) >= 11 is 7.66. The Morgan fingerprint density at radius 1 is 1.23 bits per heavy atom. The van der Waals surface area contributed by atoms with Crippen molar-refractivity contribution in [2.24, 2.45) is 4.99 Å². The number of amides is 1. The second-order valence-corrected chi connectivity index (χ2v) is 8.80. The highest BCUT2D eigenvalue weighted by Gasteiger charge is 2.39. The summed E-state index contributed by atoms with van der Waals surface area (Å²) in [6.07, 6.45) is 7.12. The molecule has 0 unspecified atom stereocenters. The van der Waals surface area contributed by atoms with Gasteiger partial charge in [-0.1, -0.05) is 43.0 Å². The SMILES string of the molecule is COc1cccc(/C(C)=C2\SC(=Nc3cccnc3Cl)N(C3CCCCC3)C2=O)c1. The van der Waals surface area contributed by atoms with Crippen LogP contribution in [0.4, 0.5) is 5.69 Å². The summed E-state index contributed by atoms with van der Waals surface area (Å²) in [5.41, 5.74) is 2.47. The van der Waals surface area contributed by atoms with Crippen molar-refractivity contribution in [3.63, 3.8) is 0 Å². The molecule has 0 N–H and O–H groups in total. The number of hydrogen-bond acceptors (Lipinski definition) is 5. The topological polar surface area (TPSA) is 54.8 Å². The van der Waals surface area contributed by atoms with E-state index in [0.717, 1.165) is 42.6 Å². The van der Waals surface area contributed by atoms with E-state index in [4.69, 9.17) is 21.3 Å². The van der Waals surface area contributed by atoms with Crippen LogP contribution in [0.15, 0.2) is 52.5 Å². The fourth-order valence-corrected chi connectivity index (χ4v) is 5.18. The Morgan fingerprint density at radius 2 is 2.03 bits per heavy atom. The Labute approximate surface area is 186 Å². The molecular formula is C23H24ClN3O2S. The predicted molar refractivity (Wildman–Crippen MR) is 123 cm³/mol. The first-order chi connectivity index (χ1) is 14.6. The van der Waals surface area contributed by atoms with E-state index < -0.39 is 0 Å². The third-order valence-electron chi connectivity index (χ3n) is 5.55. The minimum Gasteiger partial charge on any atom is -0.497 e. The van der Waals surface area contributed by atoms with E-state index in [1.54, 1.807) is 19.4 Å². The molecule has 2 heterocycles. The first-order valence-corrected chi connectivity index (χ1v) is 11.3. The van der Waals surface area contributed by atoms with Gasteiger partial charge in [-0.3, -0.25) is 9.69 Å². The van der Waals surface area contributed by atoms with Gasteiger partial charge in [0.1, 0.15) is 11.4 Å². The third-order valence-corrected chi connectivity index (χ3v) is 7.00. The molecule has 0 spiro atoms. The monoisotopic (exact) mass is 441 g/mol. The Morgan fingerprint density at radius 3 is 2.77 bits per heavy atom. The van der Waals surface area contributed by atoms with Crippen LogP contribution in [0.25, 0.3) is 5.57 Å². The van der Waals surface area contributed by atoms with Crippen molar-refractivity contribution in [1.82, 2.24) is 9.88 Å². The van der Waals surface area contributed by atoms with Crippen LogP contribution < -0.4 is 4.74 Å². The van der Waals surface area contributed by atoms with Crippen LogP contribution in [0.5, 0.6) is 5.75 Å². The lowest BCUT2D eigenvalue weighted by Crippen LogP contribution is -2.40. The minimum absolute atomic E-state index is 0.0194. The zero-order valence-electron chi connectivity index (χ0n) is 17.1. The van der Waals surface area contributed by atoms with Gasteiger partial charge in [0, 0.05) is 12.2 Å². The van der Waals surface area contributed by atoms with E-state index in [2.05, 4.69) is 4.98 Å². The van der Waals surface area contributed by atoms with Crippen molar-refractivity contribution in [2.45, 2.75) is 45.1 Å². The lowest BCUT2D eigenvalue weighted by molar-refractivity contribution is -0.124. The number of rotatable bonds is 4. The molecule has 1 aliphatic heterocycles. The highest BCUT2D eigenvalue weighted by atomic mass is 35.5. The van der Waals surface area contributed by atoms with Crippen LogP contribution in [0.2, 0.25) is 5.15 Å². The van der Waals surface area contributed by atoms with Gasteiger partial charge in [-0.05, 0) is 66.9 Å². The fourth-order valence-electron chi connectivity index (χ4n) is 3.91. The molecule has 1 saturated carbocycles. The first kappa shape index (κ1) is 20.9. The average Bonchev–Trinajstić information content (AvgIpc) is 3.11. The summed E-state index contributed by atoms with van der Waals surface area (Å²) in [4.78, 5) is 25.0. The molecule has 0 radical (unpaired) electrons. The summed E-state index contributed by atoms with van der Waals surface area (Å²) in [5, 5.41) is 1.02. The van der Waals surface area contributed by atoms with Crippen molar-refractivity contribution in [3.8, 4) is 5.75 Å². The summed E-state index contributed by atoms with van der Waals surface area (Å²) < 4.78 is 5.35. The molecule has 0 atom stereocenters. The van der Waals surface area contributed by atoms with Gasteiger partial charge in [0.05, 0.1) is 12.0 Å². The van der Waals surface area contributed by atoms with Crippen molar-refractivity contribution in [3.05, 3.63) is 58.2 Å². The highest BCUT2D eigenvalue weighted by molar-refractivity contribution is 8.18.